The first-order chi connectivity index (χ1) is 15.1. The number of benzene rings is 2. The zero-order valence-electron chi connectivity index (χ0n) is 18.2. The Kier molecular flexibility index (Phi) is 6.47. The van der Waals surface area contributed by atoms with E-state index in [1.807, 2.05) is 0 Å². The van der Waals surface area contributed by atoms with Gasteiger partial charge in [-0.05, 0) is 24.6 Å². The predicted molar refractivity (Wildman–Crippen MR) is 110 cm³/mol. The van der Waals surface area contributed by atoms with E-state index in [4.69, 9.17) is 23.7 Å². The first-order valence-electron chi connectivity index (χ1n) is 9.68. The van der Waals surface area contributed by atoms with Crippen molar-refractivity contribution in [1.82, 2.24) is 0 Å². The summed E-state index contributed by atoms with van der Waals surface area (Å²) in [6, 6.07) is 7.68. The van der Waals surface area contributed by atoms with E-state index in [1.165, 1.54) is 46.1 Å². The van der Waals surface area contributed by atoms with Crippen molar-refractivity contribution in [2.45, 2.75) is 39.9 Å². The van der Waals surface area contributed by atoms with Crippen LogP contribution in [0.15, 0.2) is 30.3 Å². The van der Waals surface area contributed by atoms with E-state index in [2.05, 4.69) is 0 Å². The maximum absolute atomic E-state index is 13.4. The van der Waals surface area contributed by atoms with Gasteiger partial charge in [0.05, 0.1) is 7.11 Å². The van der Waals surface area contributed by atoms with Crippen molar-refractivity contribution in [2.75, 3.05) is 7.11 Å². The molecule has 0 saturated heterocycles. The van der Waals surface area contributed by atoms with Crippen molar-refractivity contribution in [2.24, 2.45) is 0 Å². The van der Waals surface area contributed by atoms with E-state index in [1.54, 1.807) is 19.1 Å². The highest BCUT2D eigenvalue weighted by Crippen LogP contribution is 2.46. The summed E-state index contributed by atoms with van der Waals surface area (Å²) in [6.07, 6.45) is -2.28. The number of carbonyl (C=O) groups is 4. The Hall–Kier alpha value is -3.88. The molecule has 0 aromatic heterocycles. The number of ketones is 1. The number of ether oxygens (including phenoxy) is 5. The lowest BCUT2D eigenvalue weighted by Crippen LogP contribution is -2.40. The molecule has 1 aliphatic heterocycles. The van der Waals surface area contributed by atoms with Gasteiger partial charge in [-0.3, -0.25) is 19.2 Å². The molecule has 3 rings (SSSR count). The van der Waals surface area contributed by atoms with Crippen LogP contribution in [0.4, 0.5) is 0 Å². The molecule has 0 aliphatic carbocycles. The number of methoxy groups -OCH3 is 1. The summed E-state index contributed by atoms with van der Waals surface area (Å²) in [7, 11) is 1.37. The van der Waals surface area contributed by atoms with Gasteiger partial charge in [0.2, 0.25) is 11.9 Å². The number of hydrogen-bond donors (Lipinski definition) is 0. The lowest BCUT2D eigenvalue weighted by atomic mass is 9.91. The second-order valence-corrected chi connectivity index (χ2v) is 7.10. The highest BCUT2D eigenvalue weighted by atomic mass is 16.6. The second-order valence-electron chi connectivity index (χ2n) is 7.10. The number of Topliss-reactive ketones (excluding diaryl/α,β-unsaturated/α-hetero) is 1. The van der Waals surface area contributed by atoms with Crippen LogP contribution in [0.1, 0.15) is 48.4 Å². The lowest BCUT2D eigenvalue weighted by Gasteiger charge is -2.33. The monoisotopic (exact) mass is 442 g/mol. The van der Waals surface area contributed by atoms with Gasteiger partial charge >= 0.3 is 17.9 Å². The third-order valence-corrected chi connectivity index (χ3v) is 4.70. The second kappa shape index (κ2) is 9.09. The normalized spacial score (nSPS) is 17.0. The predicted octanol–water partition coefficient (Wildman–Crippen LogP) is 3.10. The SMILES string of the molecule is COc1c(C)c(OC(C)=O)cc2c1C(=O)[C@@H](OC(C)=O)[C@H](c1ccc(OC(C)=O)cc1)O2. The largest absolute Gasteiger partial charge is 0.495 e. The standard InChI is InChI=1S/C23H22O9/c1-11-17(30-13(3)25)10-18-19(21(11)28-5)20(27)23(31-14(4)26)22(32-18)15-6-8-16(9-7-15)29-12(2)24/h6-10,22-23H,1-5H3/t22-,23+/m0/s1. The van der Waals surface area contributed by atoms with Crippen LogP contribution in [0, 0.1) is 6.92 Å². The fourth-order valence-corrected chi connectivity index (χ4v) is 3.46. The van der Waals surface area contributed by atoms with Crippen molar-refractivity contribution in [1.29, 1.82) is 0 Å². The molecule has 0 bridgehead atoms. The average Bonchev–Trinajstić information content (AvgIpc) is 2.70. The molecular formula is C23H22O9. The summed E-state index contributed by atoms with van der Waals surface area (Å²) >= 11 is 0. The average molecular weight is 442 g/mol. The minimum Gasteiger partial charge on any atom is -0.495 e. The molecule has 1 heterocycles. The van der Waals surface area contributed by atoms with Gasteiger partial charge in [0.1, 0.15) is 28.6 Å². The molecule has 0 N–H and O–H groups in total. The molecule has 32 heavy (non-hydrogen) atoms. The molecule has 0 unspecified atom stereocenters. The quantitative estimate of drug-likeness (QED) is 0.509. The highest BCUT2D eigenvalue weighted by Gasteiger charge is 2.43. The molecule has 0 saturated carbocycles. The Bertz CT molecular complexity index is 1090. The fourth-order valence-electron chi connectivity index (χ4n) is 3.46. The smallest absolute Gasteiger partial charge is 0.308 e. The van der Waals surface area contributed by atoms with Gasteiger partial charge in [-0.2, -0.15) is 0 Å². The van der Waals surface area contributed by atoms with Gasteiger partial charge in [-0.25, -0.2) is 0 Å². The third kappa shape index (κ3) is 4.56. The van der Waals surface area contributed by atoms with Gasteiger partial charge in [0, 0.05) is 32.4 Å². The van der Waals surface area contributed by atoms with Gasteiger partial charge in [0.15, 0.2) is 6.10 Å². The van der Waals surface area contributed by atoms with E-state index in [0.29, 0.717) is 16.9 Å². The fraction of sp³-hybridized carbons (Fsp3) is 0.304. The van der Waals surface area contributed by atoms with E-state index in [-0.39, 0.29) is 22.8 Å². The highest BCUT2D eigenvalue weighted by molar-refractivity contribution is 6.07. The number of rotatable bonds is 5. The topological polar surface area (TPSA) is 114 Å². The van der Waals surface area contributed by atoms with Crippen LogP contribution in [0.3, 0.4) is 0 Å². The van der Waals surface area contributed by atoms with E-state index in [9.17, 15) is 19.2 Å². The summed E-state index contributed by atoms with van der Waals surface area (Å²) in [5.74, 6) is -1.45. The molecule has 0 spiro atoms. The Morgan fingerprint density at radius 1 is 0.938 bits per heavy atom. The molecule has 9 heteroatoms. The van der Waals surface area contributed by atoms with E-state index in [0.717, 1.165) is 0 Å². The molecule has 2 atom stereocenters. The minimum atomic E-state index is -1.28. The molecule has 9 nitrogen and oxygen atoms in total. The van der Waals surface area contributed by atoms with Gasteiger partial charge in [0.25, 0.3) is 0 Å². The van der Waals surface area contributed by atoms with Crippen LogP contribution in [0.5, 0.6) is 23.0 Å². The Morgan fingerprint density at radius 2 is 1.56 bits per heavy atom. The van der Waals surface area contributed by atoms with Crippen molar-refractivity contribution < 1.29 is 42.9 Å². The van der Waals surface area contributed by atoms with Gasteiger partial charge in [-0.1, -0.05) is 12.1 Å². The number of fused-ring (bicyclic) bond motifs is 1. The number of esters is 3. The lowest BCUT2D eigenvalue weighted by molar-refractivity contribution is -0.149. The molecule has 0 amide bonds. The first-order valence-corrected chi connectivity index (χ1v) is 9.68. The Balaban J connectivity index is 2.11. The van der Waals surface area contributed by atoms with Crippen molar-refractivity contribution >= 4 is 23.7 Å². The molecular weight excluding hydrogens is 420 g/mol. The molecule has 0 radical (unpaired) electrons. The summed E-state index contributed by atoms with van der Waals surface area (Å²) in [5.41, 5.74) is 1.00. The summed E-state index contributed by atoms with van der Waals surface area (Å²) in [5, 5.41) is 0. The summed E-state index contributed by atoms with van der Waals surface area (Å²) in [4.78, 5) is 47.8. The summed E-state index contributed by atoms with van der Waals surface area (Å²) in [6.45, 7) is 5.35. The maximum Gasteiger partial charge on any atom is 0.308 e. The third-order valence-electron chi connectivity index (χ3n) is 4.70. The van der Waals surface area contributed by atoms with Crippen molar-refractivity contribution in [3.05, 3.63) is 47.0 Å². The molecule has 168 valence electrons. The van der Waals surface area contributed by atoms with Crippen LogP contribution >= 0.6 is 0 Å². The van der Waals surface area contributed by atoms with Crippen LogP contribution in [0.25, 0.3) is 0 Å². The van der Waals surface area contributed by atoms with Crippen LogP contribution in [0.2, 0.25) is 0 Å². The van der Waals surface area contributed by atoms with Crippen LogP contribution < -0.4 is 18.9 Å². The maximum atomic E-state index is 13.4. The zero-order chi connectivity index (χ0) is 23.6. The van der Waals surface area contributed by atoms with Crippen LogP contribution in [-0.2, 0) is 19.1 Å². The van der Waals surface area contributed by atoms with Gasteiger partial charge < -0.3 is 23.7 Å². The van der Waals surface area contributed by atoms with Gasteiger partial charge in [-0.15, -0.1) is 0 Å². The first kappa shape index (κ1) is 22.8. The molecule has 2 aromatic carbocycles. The summed E-state index contributed by atoms with van der Waals surface area (Å²) < 4.78 is 27.0. The Labute approximate surface area is 184 Å². The molecule has 1 aliphatic rings. The van der Waals surface area contributed by atoms with E-state index >= 15 is 0 Å². The van der Waals surface area contributed by atoms with Crippen LogP contribution in [-0.4, -0.2) is 36.9 Å². The molecule has 0 fully saturated rings. The zero-order valence-corrected chi connectivity index (χ0v) is 18.2. The van der Waals surface area contributed by atoms with E-state index < -0.39 is 35.9 Å². The molecule has 2 aromatic rings. The Morgan fingerprint density at radius 3 is 2.09 bits per heavy atom. The van der Waals surface area contributed by atoms with Crippen molar-refractivity contribution in [3.63, 3.8) is 0 Å². The number of carbonyl (C=O) groups excluding carboxylic acids is 4. The van der Waals surface area contributed by atoms with Crippen molar-refractivity contribution in [3.8, 4) is 23.0 Å². The number of hydrogen-bond acceptors (Lipinski definition) is 9. The minimum absolute atomic E-state index is 0.0833.